The Morgan fingerprint density at radius 3 is 2.29 bits per heavy atom. The highest BCUT2D eigenvalue weighted by molar-refractivity contribution is 7.89. The van der Waals surface area contributed by atoms with E-state index in [4.69, 9.17) is 0 Å². The van der Waals surface area contributed by atoms with E-state index in [0.717, 1.165) is 31.4 Å². The molecule has 1 rings (SSSR count). The van der Waals surface area contributed by atoms with E-state index in [-0.39, 0.29) is 6.04 Å². The van der Waals surface area contributed by atoms with Crippen molar-refractivity contribution in [3.8, 4) is 0 Å². The smallest absolute Gasteiger partial charge is 0.240 e. The van der Waals surface area contributed by atoms with Gasteiger partial charge in [0.25, 0.3) is 0 Å². The van der Waals surface area contributed by atoms with Crippen molar-refractivity contribution in [2.24, 2.45) is 5.92 Å². The largest absolute Gasteiger partial charge is 0.319 e. The zero-order chi connectivity index (χ0) is 15.9. The standard InChI is InChI=1S/C16H28N2O2S/c1-5-13(2)12-14(3)18-21(19,20)16-8-6-15(7-9-16)10-11-17-4/h6-9,13-14,17-18H,5,10-12H2,1-4H3. The fraction of sp³-hybridized carbons (Fsp3) is 0.625. The molecule has 1 aromatic carbocycles. The fourth-order valence-corrected chi connectivity index (χ4v) is 3.51. The van der Waals surface area contributed by atoms with Crippen molar-refractivity contribution in [1.29, 1.82) is 0 Å². The van der Waals surface area contributed by atoms with Gasteiger partial charge in [-0.3, -0.25) is 0 Å². The predicted molar refractivity (Wildman–Crippen MR) is 87.9 cm³/mol. The first-order chi connectivity index (χ1) is 9.89. The molecule has 0 bridgehead atoms. The van der Waals surface area contributed by atoms with Crippen LogP contribution >= 0.6 is 0 Å². The maximum Gasteiger partial charge on any atom is 0.240 e. The molecular formula is C16H28N2O2S. The summed E-state index contributed by atoms with van der Waals surface area (Å²) >= 11 is 0. The Morgan fingerprint density at radius 2 is 1.76 bits per heavy atom. The molecule has 0 saturated carbocycles. The van der Waals surface area contributed by atoms with Gasteiger partial charge in [0.2, 0.25) is 10.0 Å². The van der Waals surface area contributed by atoms with E-state index >= 15 is 0 Å². The molecule has 2 atom stereocenters. The Balaban J connectivity index is 2.69. The molecule has 5 heteroatoms. The molecule has 0 heterocycles. The number of likely N-dealkylation sites (N-methyl/N-ethyl adjacent to an activating group) is 1. The number of sulfonamides is 1. The van der Waals surface area contributed by atoms with Crippen molar-refractivity contribution in [3.63, 3.8) is 0 Å². The SMILES string of the molecule is CCC(C)CC(C)NS(=O)(=O)c1ccc(CCNC)cc1. The minimum atomic E-state index is -3.42. The first kappa shape index (κ1) is 18.1. The summed E-state index contributed by atoms with van der Waals surface area (Å²) in [6.07, 6.45) is 2.82. The van der Waals surface area contributed by atoms with Crippen LogP contribution in [0.5, 0.6) is 0 Å². The third-order valence-corrected chi connectivity index (χ3v) is 5.31. The topological polar surface area (TPSA) is 58.2 Å². The second-order valence-electron chi connectivity index (χ2n) is 5.77. The average molecular weight is 312 g/mol. The Hall–Kier alpha value is -0.910. The van der Waals surface area contributed by atoms with Crippen molar-refractivity contribution in [1.82, 2.24) is 10.0 Å². The van der Waals surface area contributed by atoms with Gasteiger partial charge < -0.3 is 5.32 Å². The molecule has 0 fully saturated rings. The maximum absolute atomic E-state index is 12.3. The molecule has 0 aliphatic heterocycles. The van der Waals surface area contributed by atoms with Crippen LogP contribution in [-0.2, 0) is 16.4 Å². The van der Waals surface area contributed by atoms with E-state index < -0.39 is 10.0 Å². The lowest BCUT2D eigenvalue weighted by atomic mass is 10.0. The first-order valence-corrected chi connectivity index (χ1v) is 9.13. The fourth-order valence-electron chi connectivity index (χ4n) is 2.26. The molecule has 0 aliphatic rings. The summed E-state index contributed by atoms with van der Waals surface area (Å²) in [4.78, 5) is 0.340. The van der Waals surface area contributed by atoms with Crippen molar-refractivity contribution >= 4 is 10.0 Å². The summed E-state index contributed by atoms with van der Waals surface area (Å²) in [7, 11) is -1.51. The van der Waals surface area contributed by atoms with Crippen LogP contribution in [0.1, 0.15) is 39.2 Å². The summed E-state index contributed by atoms with van der Waals surface area (Å²) in [6, 6.07) is 7.08. The van der Waals surface area contributed by atoms with Gasteiger partial charge in [0.1, 0.15) is 0 Å². The van der Waals surface area contributed by atoms with Gasteiger partial charge in [-0.2, -0.15) is 0 Å². The highest BCUT2D eigenvalue weighted by atomic mass is 32.2. The van der Waals surface area contributed by atoms with E-state index in [2.05, 4.69) is 23.9 Å². The van der Waals surface area contributed by atoms with Gasteiger partial charge in [-0.25, -0.2) is 13.1 Å². The molecule has 0 amide bonds. The molecule has 0 spiro atoms. The quantitative estimate of drug-likeness (QED) is 0.737. The van der Waals surface area contributed by atoms with Crippen LogP contribution in [0.3, 0.4) is 0 Å². The van der Waals surface area contributed by atoms with Crippen LogP contribution in [-0.4, -0.2) is 28.1 Å². The van der Waals surface area contributed by atoms with Crippen LogP contribution in [0.25, 0.3) is 0 Å². The van der Waals surface area contributed by atoms with Crippen molar-refractivity contribution in [3.05, 3.63) is 29.8 Å². The summed E-state index contributed by atoms with van der Waals surface area (Å²) in [6.45, 7) is 7.07. The number of hydrogen-bond donors (Lipinski definition) is 2. The number of nitrogens with one attached hydrogen (secondary N) is 2. The molecule has 2 N–H and O–H groups in total. The lowest BCUT2D eigenvalue weighted by molar-refractivity contribution is 0.445. The van der Waals surface area contributed by atoms with Crippen LogP contribution < -0.4 is 10.0 Å². The lowest BCUT2D eigenvalue weighted by Gasteiger charge is -2.17. The zero-order valence-corrected chi connectivity index (χ0v) is 14.3. The maximum atomic E-state index is 12.3. The van der Waals surface area contributed by atoms with Crippen LogP contribution in [0.4, 0.5) is 0 Å². The minimum Gasteiger partial charge on any atom is -0.319 e. The van der Waals surface area contributed by atoms with Gasteiger partial charge in [0.05, 0.1) is 4.90 Å². The summed E-state index contributed by atoms with van der Waals surface area (Å²) in [5, 5.41) is 3.08. The molecule has 0 saturated heterocycles. The molecule has 21 heavy (non-hydrogen) atoms. The van der Waals surface area contributed by atoms with Gasteiger partial charge in [0.15, 0.2) is 0 Å². The van der Waals surface area contributed by atoms with Gasteiger partial charge >= 0.3 is 0 Å². The normalized spacial score (nSPS) is 14.9. The molecular weight excluding hydrogens is 284 g/mol. The van der Waals surface area contributed by atoms with Gasteiger partial charge in [-0.15, -0.1) is 0 Å². The van der Waals surface area contributed by atoms with Crippen LogP contribution in [0.15, 0.2) is 29.2 Å². The third kappa shape index (κ3) is 6.16. The summed E-state index contributed by atoms with van der Waals surface area (Å²) in [5.74, 6) is 0.520. The van der Waals surface area contributed by atoms with Crippen molar-refractivity contribution in [2.75, 3.05) is 13.6 Å². The molecule has 0 aromatic heterocycles. The monoisotopic (exact) mass is 312 g/mol. The van der Waals surface area contributed by atoms with E-state index in [1.807, 2.05) is 26.1 Å². The molecule has 4 nitrogen and oxygen atoms in total. The number of benzene rings is 1. The second-order valence-corrected chi connectivity index (χ2v) is 7.48. The van der Waals surface area contributed by atoms with Crippen LogP contribution in [0.2, 0.25) is 0 Å². The third-order valence-electron chi connectivity index (χ3n) is 3.71. The van der Waals surface area contributed by atoms with Crippen molar-refractivity contribution < 1.29 is 8.42 Å². The zero-order valence-electron chi connectivity index (χ0n) is 13.5. The Bertz CT molecular complexity index is 512. The summed E-state index contributed by atoms with van der Waals surface area (Å²) < 4.78 is 27.4. The van der Waals surface area contributed by atoms with E-state index in [1.165, 1.54) is 0 Å². The Kier molecular flexibility index (Phi) is 7.35. The Labute approximate surface area is 129 Å². The molecule has 120 valence electrons. The number of rotatable bonds is 9. The molecule has 1 aromatic rings. The molecule has 0 aliphatic carbocycles. The molecule has 0 radical (unpaired) electrons. The highest BCUT2D eigenvalue weighted by Crippen LogP contribution is 2.14. The second kappa shape index (κ2) is 8.51. The average Bonchev–Trinajstić information content (AvgIpc) is 2.44. The minimum absolute atomic E-state index is 0.0473. The van der Waals surface area contributed by atoms with E-state index in [0.29, 0.717) is 10.8 Å². The van der Waals surface area contributed by atoms with Gasteiger partial charge in [-0.1, -0.05) is 32.4 Å². The first-order valence-electron chi connectivity index (χ1n) is 7.65. The summed E-state index contributed by atoms with van der Waals surface area (Å²) in [5.41, 5.74) is 1.14. The number of hydrogen-bond acceptors (Lipinski definition) is 3. The van der Waals surface area contributed by atoms with E-state index in [1.54, 1.807) is 12.1 Å². The Morgan fingerprint density at radius 1 is 1.14 bits per heavy atom. The highest BCUT2D eigenvalue weighted by Gasteiger charge is 2.18. The van der Waals surface area contributed by atoms with Gasteiger partial charge in [-0.05, 0) is 57.0 Å². The van der Waals surface area contributed by atoms with E-state index in [9.17, 15) is 8.42 Å². The lowest BCUT2D eigenvalue weighted by Crippen LogP contribution is -2.33. The predicted octanol–water partition coefficient (Wildman–Crippen LogP) is 2.55. The van der Waals surface area contributed by atoms with Crippen LogP contribution in [0, 0.1) is 5.92 Å². The molecule has 2 unspecified atom stereocenters. The van der Waals surface area contributed by atoms with Gasteiger partial charge in [0, 0.05) is 6.04 Å². The van der Waals surface area contributed by atoms with Crippen molar-refractivity contribution in [2.45, 2.75) is 51.0 Å².